The predicted octanol–water partition coefficient (Wildman–Crippen LogP) is 1.52. The van der Waals surface area contributed by atoms with Crippen molar-refractivity contribution in [2.45, 2.75) is 32.2 Å². The van der Waals surface area contributed by atoms with Crippen molar-refractivity contribution in [1.82, 2.24) is 5.32 Å². The summed E-state index contributed by atoms with van der Waals surface area (Å²) in [6.07, 6.45) is 1.46. The van der Waals surface area contributed by atoms with Crippen LogP contribution in [0.15, 0.2) is 24.3 Å². The lowest BCUT2D eigenvalue weighted by Gasteiger charge is -2.32. The fourth-order valence-electron chi connectivity index (χ4n) is 2.20. The topological polar surface area (TPSA) is 66.4 Å². The number of amides is 1. The van der Waals surface area contributed by atoms with Crippen molar-refractivity contribution >= 4 is 11.9 Å². The molecule has 0 saturated heterocycles. The summed E-state index contributed by atoms with van der Waals surface area (Å²) in [6, 6.07) is 7.81. The fourth-order valence-corrected chi connectivity index (χ4v) is 2.20. The molecular formula is C14H17NO3. The molecule has 0 atom stereocenters. The molecule has 1 fully saturated rings. The molecule has 0 heterocycles. The van der Waals surface area contributed by atoms with Crippen LogP contribution >= 0.6 is 0 Å². The van der Waals surface area contributed by atoms with E-state index < -0.39 is 5.97 Å². The fraction of sp³-hybridized carbons (Fsp3) is 0.429. The van der Waals surface area contributed by atoms with E-state index in [1.54, 1.807) is 0 Å². The van der Waals surface area contributed by atoms with E-state index >= 15 is 0 Å². The quantitative estimate of drug-likeness (QED) is 0.847. The van der Waals surface area contributed by atoms with Crippen LogP contribution in [0.3, 0.4) is 0 Å². The first-order valence-electron chi connectivity index (χ1n) is 6.13. The molecule has 1 aromatic carbocycles. The van der Waals surface area contributed by atoms with Gasteiger partial charge in [-0.3, -0.25) is 9.59 Å². The zero-order chi connectivity index (χ0) is 13.1. The molecule has 4 nitrogen and oxygen atoms in total. The standard InChI is InChI=1S/C14H17NO3/c1-9-4-2-3-5-10(9)8-13(16)15-12-6-11(7-12)14(17)18/h2-5,11-12H,6-8H2,1H3,(H,15,16)(H,17,18). The first kappa shape index (κ1) is 12.6. The number of hydrogen-bond acceptors (Lipinski definition) is 2. The third-order valence-electron chi connectivity index (χ3n) is 3.46. The van der Waals surface area contributed by atoms with Crippen LogP contribution in [0.1, 0.15) is 24.0 Å². The van der Waals surface area contributed by atoms with Crippen molar-refractivity contribution in [2.75, 3.05) is 0 Å². The lowest BCUT2D eigenvalue weighted by Crippen LogP contribution is -2.47. The van der Waals surface area contributed by atoms with Crippen LogP contribution in [0, 0.1) is 12.8 Å². The van der Waals surface area contributed by atoms with Gasteiger partial charge < -0.3 is 10.4 Å². The minimum absolute atomic E-state index is 0.0295. The number of carbonyl (C=O) groups excluding carboxylic acids is 1. The monoisotopic (exact) mass is 247 g/mol. The molecule has 1 amide bonds. The lowest BCUT2D eigenvalue weighted by molar-refractivity contribution is -0.146. The van der Waals surface area contributed by atoms with Crippen molar-refractivity contribution in [3.8, 4) is 0 Å². The van der Waals surface area contributed by atoms with Gasteiger partial charge in [-0.25, -0.2) is 0 Å². The number of nitrogens with one attached hydrogen (secondary N) is 1. The molecule has 1 saturated carbocycles. The van der Waals surface area contributed by atoms with Crippen molar-refractivity contribution in [1.29, 1.82) is 0 Å². The van der Waals surface area contributed by atoms with Gasteiger partial charge in [0.25, 0.3) is 0 Å². The Balaban J connectivity index is 1.80. The molecule has 96 valence electrons. The first-order valence-corrected chi connectivity index (χ1v) is 6.13. The second-order valence-electron chi connectivity index (χ2n) is 4.87. The van der Waals surface area contributed by atoms with E-state index in [2.05, 4.69) is 5.32 Å². The van der Waals surface area contributed by atoms with Gasteiger partial charge >= 0.3 is 5.97 Å². The Labute approximate surface area is 106 Å². The maximum atomic E-state index is 11.8. The first-order chi connectivity index (χ1) is 8.56. The van der Waals surface area contributed by atoms with Crippen LogP contribution in [-0.4, -0.2) is 23.0 Å². The SMILES string of the molecule is Cc1ccccc1CC(=O)NC1CC(C(=O)O)C1. The molecule has 0 bridgehead atoms. The Kier molecular flexibility index (Phi) is 3.65. The van der Waals surface area contributed by atoms with Gasteiger partial charge in [0.05, 0.1) is 12.3 Å². The molecule has 4 heteroatoms. The molecule has 0 aromatic heterocycles. The van der Waals surface area contributed by atoms with Crippen molar-refractivity contribution < 1.29 is 14.7 Å². The van der Waals surface area contributed by atoms with E-state index in [1.807, 2.05) is 31.2 Å². The summed E-state index contributed by atoms with van der Waals surface area (Å²) in [4.78, 5) is 22.4. The number of aliphatic carboxylic acids is 1. The van der Waals surface area contributed by atoms with Gasteiger partial charge in [-0.1, -0.05) is 24.3 Å². The van der Waals surface area contributed by atoms with E-state index in [1.165, 1.54) is 0 Å². The molecule has 0 aliphatic heterocycles. The van der Waals surface area contributed by atoms with Gasteiger partial charge in [0, 0.05) is 6.04 Å². The molecule has 0 spiro atoms. The van der Waals surface area contributed by atoms with E-state index in [0.29, 0.717) is 19.3 Å². The number of carbonyl (C=O) groups is 2. The Morgan fingerprint density at radius 2 is 2.00 bits per heavy atom. The van der Waals surface area contributed by atoms with Gasteiger partial charge in [0.15, 0.2) is 0 Å². The smallest absolute Gasteiger partial charge is 0.306 e. The number of carboxylic acid groups (broad SMARTS) is 1. The number of benzene rings is 1. The summed E-state index contributed by atoms with van der Waals surface area (Å²) in [5.41, 5.74) is 2.12. The van der Waals surface area contributed by atoms with Crippen molar-refractivity contribution in [3.63, 3.8) is 0 Å². The predicted molar refractivity (Wildman–Crippen MR) is 67.2 cm³/mol. The van der Waals surface area contributed by atoms with Crippen LogP contribution in [0.25, 0.3) is 0 Å². The van der Waals surface area contributed by atoms with Gasteiger partial charge in [-0.15, -0.1) is 0 Å². The average Bonchev–Trinajstić information content (AvgIpc) is 2.25. The summed E-state index contributed by atoms with van der Waals surface area (Å²) < 4.78 is 0. The number of carboxylic acids is 1. The third kappa shape index (κ3) is 2.88. The van der Waals surface area contributed by atoms with Crippen LogP contribution in [-0.2, 0) is 16.0 Å². The van der Waals surface area contributed by atoms with Gasteiger partial charge in [0.1, 0.15) is 0 Å². The number of aryl methyl sites for hydroxylation is 1. The highest BCUT2D eigenvalue weighted by Gasteiger charge is 2.35. The normalized spacial score (nSPS) is 22.1. The number of rotatable bonds is 4. The average molecular weight is 247 g/mol. The zero-order valence-corrected chi connectivity index (χ0v) is 10.3. The Hall–Kier alpha value is -1.84. The van der Waals surface area contributed by atoms with E-state index in [9.17, 15) is 9.59 Å². The van der Waals surface area contributed by atoms with E-state index in [-0.39, 0.29) is 17.9 Å². The van der Waals surface area contributed by atoms with Crippen molar-refractivity contribution in [3.05, 3.63) is 35.4 Å². The summed E-state index contributed by atoms with van der Waals surface area (Å²) in [7, 11) is 0. The van der Waals surface area contributed by atoms with Gasteiger partial charge in [-0.05, 0) is 30.9 Å². The van der Waals surface area contributed by atoms with E-state index in [0.717, 1.165) is 11.1 Å². The molecule has 1 aliphatic rings. The van der Waals surface area contributed by atoms with Crippen molar-refractivity contribution in [2.24, 2.45) is 5.92 Å². The Bertz CT molecular complexity index is 464. The number of hydrogen-bond donors (Lipinski definition) is 2. The van der Waals surface area contributed by atoms with Crippen LogP contribution in [0.2, 0.25) is 0 Å². The Morgan fingerprint density at radius 3 is 2.61 bits per heavy atom. The van der Waals surface area contributed by atoms with Gasteiger partial charge in [0.2, 0.25) is 5.91 Å². The van der Waals surface area contributed by atoms with Crippen LogP contribution < -0.4 is 5.32 Å². The highest BCUT2D eigenvalue weighted by molar-refractivity contribution is 5.80. The maximum absolute atomic E-state index is 11.8. The third-order valence-corrected chi connectivity index (χ3v) is 3.46. The highest BCUT2D eigenvalue weighted by Crippen LogP contribution is 2.27. The molecule has 2 N–H and O–H groups in total. The molecule has 0 radical (unpaired) electrons. The lowest BCUT2D eigenvalue weighted by atomic mass is 9.80. The molecule has 1 aliphatic carbocycles. The minimum atomic E-state index is -0.764. The minimum Gasteiger partial charge on any atom is -0.481 e. The summed E-state index contributed by atoms with van der Waals surface area (Å²) in [6.45, 7) is 1.98. The molecule has 18 heavy (non-hydrogen) atoms. The van der Waals surface area contributed by atoms with Crippen LogP contribution in [0.5, 0.6) is 0 Å². The second kappa shape index (κ2) is 5.21. The van der Waals surface area contributed by atoms with Crippen LogP contribution in [0.4, 0.5) is 0 Å². The molecule has 2 rings (SSSR count). The highest BCUT2D eigenvalue weighted by atomic mass is 16.4. The summed E-state index contributed by atoms with van der Waals surface area (Å²) in [5, 5.41) is 11.6. The van der Waals surface area contributed by atoms with Gasteiger partial charge in [-0.2, -0.15) is 0 Å². The second-order valence-corrected chi connectivity index (χ2v) is 4.87. The van der Waals surface area contributed by atoms with E-state index in [4.69, 9.17) is 5.11 Å². The summed E-state index contributed by atoms with van der Waals surface area (Å²) in [5.74, 6) is -1.08. The molecular weight excluding hydrogens is 230 g/mol. The Morgan fingerprint density at radius 1 is 1.33 bits per heavy atom. The largest absolute Gasteiger partial charge is 0.481 e. The molecule has 0 unspecified atom stereocenters. The summed E-state index contributed by atoms with van der Waals surface area (Å²) >= 11 is 0. The molecule has 1 aromatic rings. The maximum Gasteiger partial charge on any atom is 0.306 e. The zero-order valence-electron chi connectivity index (χ0n) is 10.3.